The Kier molecular flexibility index (Phi) is 6.24. The third-order valence-corrected chi connectivity index (χ3v) is 8.31. The Hall–Kier alpha value is -1.68. The van der Waals surface area contributed by atoms with Crippen molar-refractivity contribution in [3.05, 3.63) is 59.1 Å². The minimum Gasteiger partial charge on any atom is -0.259 e. The lowest BCUT2D eigenvalue weighted by atomic mass is 10.1. The average Bonchev–Trinajstić information content (AvgIpc) is 2.64. The predicted octanol–water partition coefficient (Wildman–Crippen LogP) is 3.54. The Morgan fingerprint density at radius 3 is 2.41 bits per heavy atom. The molecule has 0 N–H and O–H groups in total. The van der Waals surface area contributed by atoms with Crippen LogP contribution in [-0.4, -0.2) is 48.2 Å². The maximum absolute atomic E-state index is 14.6. The quantitative estimate of drug-likeness (QED) is 0.638. The minimum atomic E-state index is -4.25. The van der Waals surface area contributed by atoms with Crippen LogP contribution < -0.4 is 4.31 Å². The van der Waals surface area contributed by atoms with Gasteiger partial charge in [0.1, 0.15) is 11.6 Å². The van der Waals surface area contributed by atoms with Gasteiger partial charge in [0.2, 0.25) is 0 Å². The number of hydrogen-bond donors (Lipinski definition) is 0. The summed E-state index contributed by atoms with van der Waals surface area (Å²) in [7, 11) is -6.83. The summed E-state index contributed by atoms with van der Waals surface area (Å²) in [5.74, 6) is 2.03. The number of hydrogen-bond acceptors (Lipinski definition) is 3. The molecule has 0 amide bonds. The summed E-state index contributed by atoms with van der Waals surface area (Å²) in [4.78, 5) is -0.102. The lowest BCUT2D eigenvalue weighted by Crippen LogP contribution is -2.51. The van der Waals surface area contributed by atoms with Gasteiger partial charge in [-0.15, -0.1) is 0 Å². The maximum Gasteiger partial charge on any atom is 0.264 e. The van der Waals surface area contributed by atoms with Gasteiger partial charge in [0.05, 0.1) is 16.6 Å². The first kappa shape index (κ1) is 22.0. The van der Waals surface area contributed by atoms with Gasteiger partial charge in [0.15, 0.2) is 0 Å². The van der Waals surface area contributed by atoms with Crippen LogP contribution >= 0.6 is 11.6 Å². The van der Waals surface area contributed by atoms with Crippen molar-refractivity contribution in [2.24, 2.45) is 0 Å². The number of anilines is 1. The number of piperidine rings is 1. The molecule has 0 radical (unpaired) electrons. The van der Waals surface area contributed by atoms with Crippen LogP contribution in [0.2, 0.25) is 5.02 Å². The summed E-state index contributed by atoms with van der Waals surface area (Å²) in [6, 6.07) is 7.37. The molecule has 0 aliphatic carbocycles. The number of rotatable bonds is 5. The van der Waals surface area contributed by atoms with Crippen LogP contribution in [0.25, 0.3) is 0 Å². The first-order chi connectivity index (χ1) is 13.5. The molecule has 10 heteroatoms. The van der Waals surface area contributed by atoms with Crippen molar-refractivity contribution >= 4 is 42.9 Å². The first-order valence-electron chi connectivity index (χ1n) is 8.82. The van der Waals surface area contributed by atoms with E-state index >= 15 is 0 Å². The highest BCUT2D eigenvalue weighted by Crippen LogP contribution is 2.33. The third kappa shape index (κ3) is 4.74. The Morgan fingerprint density at radius 1 is 1.14 bits per heavy atom. The largest absolute Gasteiger partial charge is 0.264 e. The molecule has 2 aromatic rings. The molecule has 1 saturated heterocycles. The van der Waals surface area contributed by atoms with Crippen LogP contribution in [0.5, 0.6) is 0 Å². The Morgan fingerprint density at radius 2 is 1.79 bits per heavy atom. The van der Waals surface area contributed by atoms with Crippen molar-refractivity contribution in [2.45, 2.75) is 23.8 Å². The zero-order valence-electron chi connectivity index (χ0n) is 15.7. The van der Waals surface area contributed by atoms with Gasteiger partial charge in [-0.25, -0.2) is 21.5 Å². The van der Waals surface area contributed by atoms with Gasteiger partial charge in [-0.1, -0.05) is 11.6 Å². The van der Waals surface area contributed by atoms with E-state index in [1.807, 2.05) is 0 Å². The minimum absolute atomic E-state index is 0.0849. The van der Waals surface area contributed by atoms with Crippen molar-refractivity contribution < 1.29 is 21.4 Å². The van der Waals surface area contributed by atoms with Gasteiger partial charge in [-0.2, -0.15) is 0 Å². The highest BCUT2D eigenvalue weighted by atomic mass is 35.5. The average molecular weight is 463 g/mol. The van der Waals surface area contributed by atoms with Crippen LogP contribution in [0, 0.1) is 11.6 Å². The van der Waals surface area contributed by atoms with E-state index in [-0.39, 0.29) is 11.4 Å². The molecule has 5 nitrogen and oxygen atoms in total. The van der Waals surface area contributed by atoms with Gasteiger partial charge >= 0.3 is 0 Å². The fourth-order valence-corrected chi connectivity index (χ4v) is 6.16. The molecule has 0 spiro atoms. The van der Waals surface area contributed by atoms with Gasteiger partial charge in [0.25, 0.3) is 10.0 Å². The highest BCUT2D eigenvalue weighted by Gasteiger charge is 2.37. The first-order valence-corrected chi connectivity index (χ1v) is 12.7. The summed E-state index contributed by atoms with van der Waals surface area (Å²) in [6.07, 6.45) is 2.40. The van der Waals surface area contributed by atoms with Crippen molar-refractivity contribution in [1.29, 1.82) is 0 Å². The van der Waals surface area contributed by atoms with Crippen LogP contribution in [0.3, 0.4) is 0 Å². The molecule has 1 aliphatic heterocycles. The summed E-state index contributed by atoms with van der Waals surface area (Å²) in [6.45, 7) is 0.567. The molecule has 1 fully saturated rings. The van der Waals surface area contributed by atoms with E-state index in [0.717, 1.165) is 22.5 Å². The summed E-state index contributed by atoms with van der Waals surface area (Å²) in [5, 5.41) is 0.346. The standard InChI is InChI=1S/C19H21ClF2N2O3S2/c1-28(2,25)23-11-3-4-16(13-23)24(19-12-15(21)7-10-18(19)22)29(26,27)17-8-5-14(20)6-9-17/h5-10,12,16H,1,3-4,11,13H2,2H3. The summed E-state index contributed by atoms with van der Waals surface area (Å²) in [5.41, 5.74) is -0.390. The number of sulfonamides is 1. The second-order valence-electron chi connectivity index (χ2n) is 6.99. The van der Waals surface area contributed by atoms with E-state index in [1.54, 1.807) is 4.31 Å². The fourth-order valence-electron chi connectivity index (χ4n) is 3.36. The van der Waals surface area contributed by atoms with E-state index in [1.165, 1.54) is 30.5 Å². The monoisotopic (exact) mass is 462 g/mol. The Balaban J connectivity index is 2.14. The lowest BCUT2D eigenvalue weighted by molar-refractivity contribution is 0.330. The zero-order valence-corrected chi connectivity index (χ0v) is 18.1. The Labute approximate surface area is 175 Å². The molecule has 158 valence electrons. The number of nitrogens with zero attached hydrogens (tertiary/aromatic N) is 2. The predicted molar refractivity (Wildman–Crippen MR) is 113 cm³/mol. The van der Waals surface area contributed by atoms with E-state index < -0.39 is 43.1 Å². The molecule has 1 aliphatic rings. The highest BCUT2D eigenvalue weighted by molar-refractivity contribution is 7.97. The SMILES string of the molecule is C=S(C)(=O)N1CCCC(N(c2cc(F)ccc2F)S(=O)(=O)c2ccc(Cl)cc2)C1. The molecule has 2 unspecified atom stereocenters. The fraction of sp³-hybridized carbons (Fsp3) is 0.316. The molecule has 0 saturated carbocycles. The van der Waals surface area contributed by atoms with Gasteiger partial charge in [-0.05, 0) is 55.1 Å². The molecule has 29 heavy (non-hydrogen) atoms. The van der Waals surface area contributed by atoms with Crippen molar-refractivity contribution in [3.63, 3.8) is 0 Å². The number of halogens is 3. The van der Waals surface area contributed by atoms with E-state index in [0.29, 0.717) is 24.4 Å². The second kappa shape index (κ2) is 8.22. The zero-order chi connectivity index (χ0) is 21.4. The lowest BCUT2D eigenvalue weighted by Gasteiger charge is -2.40. The molecular weight excluding hydrogens is 442 g/mol. The molecule has 1 heterocycles. The van der Waals surface area contributed by atoms with Crippen LogP contribution in [-0.2, 0) is 19.7 Å². The molecular formula is C19H21ClF2N2O3S2. The topological polar surface area (TPSA) is 57.7 Å². The second-order valence-corrected chi connectivity index (χ2v) is 11.7. The van der Waals surface area contributed by atoms with Crippen LogP contribution in [0.1, 0.15) is 12.8 Å². The summed E-state index contributed by atoms with van der Waals surface area (Å²) < 4.78 is 70.4. The van der Waals surface area contributed by atoms with Crippen molar-refractivity contribution in [2.75, 3.05) is 23.7 Å². The normalized spacial score (nSPS) is 20.2. The van der Waals surface area contributed by atoms with Crippen LogP contribution in [0.15, 0.2) is 47.4 Å². The van der Waals surface area contributed by atoms with Crippen LogP contribution in [0.4, 0.5) is 14.5 Å². The molecule has 2 aromatic carbocycles. The van der Waals surface area contributed by atoms with Gasteiger partial charge in [0, 0.05) is 40.1 Å². The van der Waals surface area contributed by atoms with Crippen molar-refractivity contribution in [1.82, 2.24) is 4.31 Å². The van der Waals surface area contributed by atoms with E-state index in [2.05, 4.69) is 5.87 Å². The van der Waals surface area contributed by atoms with Gasteiger partial charge < -0.3 is 0 Å². The summed E-state index contributed by atoms with van der Waals surface area (Å²) >= 11 is 5.86. The van der Waals surface area contributed by atoms with Gasteiger partial charge in [-0.3, -0.25) is 8.51 Å². The Bertz CT molecular complexity index is 1110. The van der Waals surface area contributed by atoms with E-state index in [9.17, 15) is 21.4 Å². The number of benzene rings is 2. The smallest absolute Gasteiger partial charge is 0.259 e. The van der Waals surface area contributed by atoms with E-state index in [4.69, 9.17) is 11.6 Å². The molecule has 0 bridgehead atoms. The third-order valence-electron chi connectivity index (χ3n) is 4.75. The molecule has 3 rings (SSSR count). The van der Waals surface area contributed by atoms with Crippen molar-refractivity contribution in [3.8, 4) is 0 Å². The maximum atomic E-state index is 14.6. The molecule has 2 atom stereocenters. The molecule has 0 aromatic heterocycles.